The Morgan fingerprint density at radius 1 is 1.45 bits per heavy atom. The number of fused-ring (bicyclic) bond motifs is 1. The zero-order valence-electron chi connectivity index (χ0n) is 11.2. The summed E-state index contributed by atoms with van der Waals surface area (Å²) in [4.78, 5) is 20.9. The second-order valence-corrected chi connectivity index (χ2v) is 6.39. The van der Waals surface area contributed by atoms with Gasteiger partial charge in [0, 0.05) is 31.7 Å². The van der Waals surface area contributed by atoms with Gasteiger partial charge in [0.2, 0.25) is 0 Å². The maximum Gasteiger partial charge on any atom is 0.271 e. The average molecular weight is 306 g/mol. The van der Waals surface area contributed by atoms with E-state index in [1.807, 2.05) is 24.6 Å². The van der Waals surface area contributed by atoms with E-state index in [4.69, 9.17) is 0 Å². The number of hydrogen-bond acceptors (Lipinski definition) is 5. The lowest BCUT2D eigenvalue weighted by Gasteiger charge is -2.08. The molecule has 5 nitrogen and oxygen atoms in total. The Kier molecular flexibility index (Phi) is 3.62. The van der Waals surface area contributed by atoms with Gasteiger partial charge in [-0.3, -0.25) is 9.36 Å². The molecule has 0 bridgehead atoms. The van der Waals surface area contributed by atoms with Crippen LogP contribution in [0.4, 0.5) is 0 Å². The van der Waals surface area contributed by atoms with Crippen molar-refractivity contribution in [1.82, 2.24) is 19.1 Å². The van der Waals surface area contributed by atoms with Crippen LogP contribution >= 0.6 is 23.1 Å². The molecule has 0 N–H and O–H groups in total. The van der Waals surface area contributed by atoms with E-state index in [2.05, 4.69) is 14.5 Å². The number of thiophene rings is 1. The zero-order chi connectivity index (χ0) is 14.1. The Labute approximate surface area is 124 Å². The van der Waals surface area contributed by atoms with E-state index in [-0.39, 0.29) is 5.56 Å². The standard InChI is InChI=1S/C13H14N4OS2/c1-9-14-4-5-17(9)6-8-20-13-15-10-3-7-19-11(10)12(18)16(13)2/h3-5,7H,6,8H2,1-2H3. The molecule has 3 aromatic rings. The molecule has 0 spiro atoms. The van der Waals surface area contributed by atoms with E-state index in [1.54, 1.807) is 29.6 Å². The number of aromatic nitrogens is 4. The molecule has 0 saturated heterocycles. The second kappa shape index (κ2) is 5.41. The van der Waals surface area contributed by atoms with Crippen LogP contribution in [0.1, 0.15) is 5.82 Å². The lowest BCUT2D eigenvalue weighted by molar-refractivity contribution is 0.715. The molecule has 0 aromatic carbocycles. The highest BCUT2D eigenvalue weighted by Gasteiger charge is 2.09. The van der Waals surface area contributed by atoms with E-state index in [9.17, 15) is 4.79 Å². The maximum atomic E-state index is 12.2. The first-order chi connectivity index (χ1) is 9.66. The molecule has 0 aliphatic rings. The first kappa shape index (κ1) is 13.4. The maximum absolute atomic E-state index is 12.2. The van der Waals surface area contributed by atoms with E-state index < -0.39 is 0 Å². The van der Waals surface area contributed by atoms with Crippen LogP contribution in [0.25, 0.3) is 10.2 Å². The van der Waals surface area contributed by atoms with Crippen molar-refractivity contribution in [2.45, 2.75) is 18.6 Å². The van der Waals surface area contributed by atoms with E-state index in [0.717, 1.165) is 33.5 Å². The predicted molar refractivity (Wildman–Crippen MR) is 82.5 cm³/mol. The van der Waals surface area contributed by atoms with Gasteiger partial charge in [-0.25, -0.2) is 9.97 Å². The van der Waals surface area contributed by atoms with Gasteiger partial charge in [-0.15, -0.1) is 11.3 Å². The van der Waals surface area contributed by atoms with Crippen molar-refractivity contribution in [3.05, 3.63) is 40.0 Å². The lowest BCUT2D eigenvalue weighted by atomic mass is 10.5. The minimum Gasteiger partial charge on any atom is -0.334 e. The largest absolute Gasteiger partial charge is 0.334 e. The third-order valence-electron chi connectivity index (χ3n) is 3.13. The van der Waals surface area contributed by atoms with Crippen LogP contribution in [0.5, 0.6) is 0 Å². The highest BCUT2D eigenvalue weighted by atomic mass is 32.2. The number of aryl methyl sites for hydroxylation is 2. The van der Waals surface area contributed by atoms with Crippen molar-refractivity contribution in [1.29, 1.82) is 0 Å². The molecule has 0 aliphatic heterocycles. The van der Waals surface area contributed by atoms with Crippen LogP contribution in [0.2, 0.25) is 0 Å². The van der Waals surface area contributed by atoms with Crippen LogP contribution in [-0.4, -0.2) is 24.9 Å². The third-order valence-corrected chi connectivity index (χ3v) is 5.04. The molecule has 3 rings (SSSR count). The molecule has 0 saturated carbocycles. The van der Waals surface area contributed by atoms with Gasteiger partial charge in [0.05, 0.1) is 5.52 Å². The van der Waals surface area contributed by atoms with Crippen LogP contribution in [-0.2, 0) is 13.6 Å². The first-order valence-corrected chi connectivity index (χ1v) is 8.08. The normalized spacial score (nSPS) is 11.3. The number of hydrogen-bond donors (Lipinski definition) is 0. The van der Waals surface area contributed by atoms with Crippen LogP contribution in [0.3, 0.4) is 0 Å². The van der Waals surface area contributed by atoms with Crippen molar-refractivity contribution in [3.63, 3.8) is 0 Å². The Bertz CT molecular complexity index is 802. The molecule has 0 atom stereocenters. The van der Waals surface area contributed by atoms with Crippen molar-refractivity contribution in [2.75, 3.05) is 5.75 Å². The summed E-state index contributed by atoms with van der Waals surface area (Å²) in [6.07, 6.45) is 3.76. The van der Waals surface area contributed by atoms with Gasteiger partial charge in [-0.2, -0.15) is 0 Å². The van der Waals surface area contributed by atoms with E-state index >= 15 is 0 Å². The van der Waals surface area contributed by atoms with Gasteiger partial charge in [-0.1, -0.05) is 11.8 Å². The van der Waals surface area contributed by atoms with Gasteiger partial charge >= 0.3 is 0 Å². The summed E-state index contributed by atoms with van der Waals surface area (Å²) in [7, 11) is 1.78. The van der Waals surface area contributed by atoms with E-state index in [1.165, 1.54) is 11.3 Å². The number of rotatable bonds is 4. The predicted octanol–water partition coefficient (Wildman–Crippen LogP) is 2.29. The molecule has 3 heterocycles. The van der Waals surface area contributed by atoms with Crippen molar-refractivity contribution in [3.8, 4) is 0 Å². The number of imidazole rings is 1. The van der Waals surface area contributed by atoms with Gasteiger partial charge in [0.25, 0.3) is 5.56 Å². The minimum absolute atomic E-state index is 0.0336. The summed E-state index contributed by atoms with van der Waals surface area (Å²) in [5.41, 5.74) is 0.825. The molecule has 7 heteroatoms. The highest BCUT2D eigenvalue weighted by molar-refractivity contribution is 7.99. The zero-order valence-corrected chi connectivity index (χ0v) is 12.9. The Morgan fingerprint density at radius 2 is 2.30 bits per heavy atom. The van der Waals surface area contributed by atoms with Crippen LogP contribution in [0, 0.1) is 6.92 Å². The number of nitrogens with zero attached hydrogens (tertiary/aromatic N) is 4. The smallest absolute Gasteiger partial charge is 0.271 e. The molecular formula is C13H14N4OS2. The van der Waals surface area contributed by atoms with E-state index in [0.29, 0.717) is 0 Å². The monoisotopic (exact) mass is 306 g/mol. The molecule has 0 aliphatic carbocycles. The van der Waals surface area contributed by atoms with Crippen LogP contribution in [0.15, 0.2) is 33.8 Å². The van der Waals surface area contributed by atoms with Gasteiger partial charge in [0.15, 0.2) is 5.16 Å². The Morgan fingerprint density at radius 3 is 3.05 bits per heavy atom. The Balaban J connectivity index is 1.79. The summed E-state index contributed by atoms with van der Waals surface area (Å²) in [5, 5.41) is 2.67. The third kappa shape index (κ3) is 2.38. The van der Waals surface area contributed by atoms with Crippen molar-refractivity contribution in [2.24, 2.45) is 7.05 Å². The second-order valence-electron chi connectivity index (χ2n) is 4.41. The molecule has 0 fully saturated rings. The summed E-state index contributed by atoms with van der Waals surface area (Å²) < 4.78 is 4.45. The SMILES string of the molecule is Cc1nccn1CCSc1nc2ccsc2c(=O)n1C. The minimum atomic E-state index is 0.0336. The van der Waals surface area contributed by atoms with Gasteiger partial charge in [-0.05, 0) is 18.4 Å². The fourth-order valence-corrected chi connectivity index (χ4v) is 3.69. The first-order valence-electron chi connectivity index (χ1n) is 6.21. The van der Waals surface area contributed by atoms with Crippen LogP contribution < -0.4 is 5.56 Å². The summed E-state index contributed by atoms with van der Waals surface area (Å²) in [6, 6.07) is 1.89. The molecular weight excluding hydrogens is 292 g/mol. The van der Waals surface area contributed by atoms with Gasteiger partial charge < -0.3 is 4.57 Å². The fourth-order valence-electron chi connectivity index (χ4n) is 1.97. The molecule has 3 aromatic heterocycles. The lowest BCUT2D eigenvalue weighted by Crippen LogP contribution is -2.19. The molecule has 0 amide bonds. The molecule has 0 radical (unpaired) electrons. The fraction of sp³-hybridized carbons (Fsp3) is 0.308. The summed E-state index contributed by atoms with van der Waals surface area (Å²) >= 11 is 3.04. The highest BCUT2D eigenvalue weighted by Crippen LogP contribution is 2.20. The van der Waals surface area contributed by atoms with Gasteiger partial charge in [0.1, 0.15) is 10.5 Å². The molecule has 0 unspecified atom stereocenters. The summed E-state index contributed by atoms with van der Waals surface area (Å²) in [5.74, 6) is 1.85. The number of thioether (sulfide) groups is 1. The molecule has 104 valence electrons. The topological polar surface area (TPSA) is 52.7 Å². The molecule has 20 heavy (non-hydrogen) atoms. The quantitative estimate of drug-likeness (QED) is 0.548. The summed E-state index contributed by atoms with van der Waals surface area (Å²) in [6.45, 7) is 2.84. The average Bonchev–Trinajstić information content (AvgIpc) is 3.05. The Hall–Kier alpha value is -1.60. The van der Waals surface area contributed by atoms with Crippen molar-refractivity contribution < 1.29 is 0 Å². The van der Waals surface area contributed by atoms with Crippen molar-refractivity contribution >= 4 is 33.3 Å².